The van der Waals surface area contributed by atoms with Crippen molar-refractivity contribution >= 4 is 5.91 Å². The van der Waals surface area contributed by atoms with Crippen LogP contribution in [0, 0.1) is 5.82 Å². The molecule has 144 valence electrons. The van der Waals surface area contributed by atoms with E-state index in [4.69, 9.17) is 0 Å². The van der Waals surface area contributed by atoms with Crippen molar-refractivity contribution in [2.24, 2.45) is 0 Å². The molecule has 0 bridgehead atoms. The number of carbonyl (C=O) groups excluding carboxylic acids is 1. The van der Waals surface area contributed by atoms with E-state index in [1.165, 1.54) is 12.1 Å². The van der Waals surface area contributed by atoms with Crippen LogP contribution in [0.4, 0.5) is 17.6 Å². The van der Waals surface area contributed by atoms with E-state index < -0.39 is 23.6 Å². The molecule has 1 aromatic heterocycles. The predicted octanol–water partition coefficient (Wildman–Crippen LogP) is 2.91. The predicted molar refractivity (Wildman–Crippen MR) is 89.1 cm³/mol. The molecule has 1 N–H and O–H groups in total. The maximum absolute atomic E-state index is 14.6. The third-order valence-electron chi connectivity index (χ3n) is 5.02. The van der Waals surface area contributed by atoms with Crippen molar-refractivity contribution in [3.8, 4) is 5.69 Å². The molecule has 0 atom stereocenters. The molecule has 2 aliphatic rings. The Morgan fingerprint density at radius 2 is 1.93 bits per heavy atom. The van der Waals surface area contributed by atoms with E-state index >= 15 is 0 Å². The van der Waals surface area contributed by atoms with Crippen molar-refractivity contribution in [3.05, 3.63) is 46.5 Å². The largest absolute Gasteiger partial charge is 0.435 e. The van der Waals surface area contributed by atoms with E-state index in [-0.39, 0.29) is 29.8 Å². The number of nitrogens with zero attached hydrogens (tertiary/aromatic N) is 3. The van der Waals surface area contributed by atoms with Gasteiger partial charge in [0.2, 0.25) is 0 Å². The lowest BCUT2D eigenvalue weighted by Crippen LogP contribution is -2.28. The molecule has 0 radical (unpaired) electrons. The maximum atomic E-state index is 14.6. The molecule has 0 aliphatic carbocycles. The number of hydrogen-bond donors (Lipinski definition) is 1. The first kappa shape index (κ1) is 18.0. The highest BCUT2D eigenvalue weighted by Crippen LogP contribution is 2.35. The van der Waals surface area contributed by atoms with Crippen LogP contribution in [0.25, 0.3) is 5.69 Å². The lowest BCUT2D eigenvalue weighted by molar-refractivity contribution is -0.142. The number of aromatic nitrogens is 2. The Kier molecular flexibility index (Phi) is 4.41. The summed E-state index contributed by atoms with van der Waals surface area (Å²) in [5.74, 6) is -1.15. The SMILES string of the molecule is O=C(c1ccc(-n2nc(C(F)(F)F)c3c2CNCC3)cc1F)N1CCCC1. The Bertz CT molecular complexity index is 884. The van der Waals surface area contributed by atoms with Crippen LogP contribution in [-0.4, -0.2) is 40.2 Å². The van der Waals surface area contributed by atoms with Crippen LogP contribution in [0.2, 0.25) is 0 Å². The highest BCUT2D eigenvalue weighted by atomic mass is 19.4. The van der Waals surface area contributed by atoms with Gasteiger partial charge in [0.05, 0.1) is 16.9 Å². The summed E-state index contributed by atoms with van der Waals surface area (Å²) < 4.78 is 55.6. The van der Waals surface area contributed by atoms with Crippen LogP contribution in [0.3, 0.4) is 0 Å². The van der Waals surface area contributed by atoms with Gasteiger partial charge >= 0.3 is 6.18 Å². The Balaban J connectivity index is 1.73. The molecule has 0 saturated carbocycles. The van der Waals surface area contributed by atoms with Crippen molar-refractivity contribution in [2.45, 2.75) is 32.0 Å². The Morgan fingerprint density at radius 3 is 2.59 bits per heavy atom. The van der Waals surface area contributed by atoms with Crippen LogP contribution in [0.1, 0.15) is 40.2 Å². The lowest BCUT2D eigenvalue weighted by Gasteiger charge is -2.17. The second-order valence-corrected chi connectivity index (χ2v) is 6.77. The molecule has 9 heteroatoms. The van der Waals surface area contributed by atoms with Gasteiger partial charge in [-0.2, -0.15) is 18.3 Å². The average Bonchev–Trinajstić information content (AvgIpc) is 3.28. The van der Waals surface area contributed by atoms with Gasteiger partial charge < -0.3 is 10.2 Å². The third kappa shape index (κ3) is 3.20. The van der Waals surface area contributed by atoms with Gasteiger partial charge in [-0.15, -0.1) is 0 Å². The molecular formula is C18H18F4N4O. The molecule has 5 nitrogen and oxygen atoms in total. The number of carbonyl (C=O) groups is 1. The van der Waals surface area contributed by atoms with Gasteiger partial charge in [-0.3, -0.25) is 4.79 Å². The summed E-state index contributed by atoms with van der Waals surface area (Å²) in [6, 6.07) is 3.84. The minimum Gasteiger partial charge on any atom is -0.339 e. The number of nitrogens with one attached hydrogen (secondary N) is 1. The summed E-state index contributed by atoms with van der Waals surface area (Å²) in [6.07, 6.45) is -2.59. The van der Waals surface area contributed by atoms with E-state index in [9.17, 15) is 22.4 Å². The molecule has 1 fully saturated rings. The number of fused-ring (bicyclic) bond motifs is 1. The molecule has 2 aliphatic heterocycles. The first-order valence-electron chi connectivity index (χ1n) is 8.84. The first-order chi connectivity index (χ1) is 12.9. The van der Waals surface area contributed by atoms with Gasteiger partial charge in [-0.1, -0.05) is 0 Å². The van der Waals surface area contributed by atoms with Gasteiger partial charge in [-0.25, -0.2) is 9.07 Å². The van der Waals surface area contributed by atoms with E-state index in [0.717, 1.165) is 23.6 Å². The number of benzene rings is 1. The molecule has 3 heterocycles. The van der Waals surface area contributed by atoms with Gasteiger partial charge in [0, 0.05) is 31.3 Å². The molecule has 1 aromatic carbocycles. The number of likely N-dealkylation sites (tertiary alicyclic amines) is 1. The van der Waals surface area contributed by atoms with E-state index in [1.54, 1.807) is 4.90 Å². The van der Waals surface area contributed by atoms with Crippen molar-refractivity contribution in [1.29, 1.82) is 0 Å². The molecule has 1 amide bonds. The molecule has 1 saturated heterocycles. The number of amides is 1. The first-order valence-corrected chi connectivity index (χ1v) is 8.84. The lowest BCUT2D eigenvalue weighted by atomic mass is 10.1. The van der Waals surface area contributed by atoms with Crippen LogP contribution >= 0.6 is 0 Å². The summed E-state index contributed by atoms with van der Waals surface area (Å²) in [6.45, 7) is 1.83. The minimum absolute atomic E-state index is 0.0733. The van der Waals surface area contributed by atoms with E-state index in [1.807, 2.05) is 0 Å². The second-order valence-electron chi connectivity index (χ2n) is 6.77. The van der Waals surface area contributed by atoms with Gasteiger partial charge in [0.1, 0.15) is 5.82 Å². The topological polar surface area (TPSA) is 50.2 Å². The molecule has 0 unspecified atom stereocenters. The zero-order chi connectivity index (χ0) is 19.2. The monoisotopic (exact) mass is 382 g/mol. The van der Waals surface area contributed by atoms with Gasteiger partial charge in [0.25, 0.3) is 5.91 Å². The third-order valence-corrected chi connectivity index (χ3v) is 5.02. The summed E-state index contributed by atoms with van der Waals surface area (Å²) >= 11 is 0. The number of hydrogen-bond acceptors (Lipinski definition) is 3. The molecule has 4 rings (SSSR count). The number of rotatable bonds is 2. The van der Waals surface area contributed by atoms with E-state index in [0.29, 0.717) is 25.3 Å². The normalized spacial score (nSPS) is 17.3. The van der Waals surface area contributed by atoms with Crippen molar-refractivity contribution in [1.82, 2.24) is 20.0 Å². The summed E-state index contributed by atoms with van der Waals surface area (Å²) in [7, 11) is 0. The fourth-order valence-corrected chi connectivity index (χ4v) is 3.69. The van der Waals surface area contributed by atoms with Gasteiger partial charge in [0.15, 0.2) is 5.69 Å². The molecular weight excluding hydrogens is 364 g/mol. The van der Waals surface area contributed by atoms with Crippen LogP contribution in [-0.2, 0) is 19.1 Å². The van der Waals surface area contributed by atoms with E-state index in [2.05, 4.69) is 10.4 Å². The van der Waals surface area contributed by atoms with Crippen LogP contribution in [0.5, 0.6) is 0 Å². The van der Waals surface area contributed by atoms with Gasteiger partial charge in [-0.05, 0) is 37.9 Å². The number of halogens is 4. The van der Waals surface area contributed by atoms with Crippen molar-refractivity contribution in [2.75, 3.05) is 19.6 Å². The van der Waals surface area contributed by atoms with Crippen molar-refractivity contribution in [3.63, 3.8) is 0 Å². The minimum atomic E-state index is -4.57. The number of alkyl halides is 3. The second kappa shape index (κ2) is 6.63. The van der Waals surface area contributed by atoms with Crippen LogP contribution < -0.4 is 5.32 Å². The van der Waals surface area contributed by atoms with Crippen molar-refractivity contribution < 1.29 is 22.4 Å². The highest BCUT2D eigenvalue weighted by Gasteiger charge is 2.39. The smallest absolute Gasteiger partial charge is 0.339 e. The fourth-order valence-electron chi connectivity index (χ4n) is 3.69. The standard InChI is InChI=1S/C18H18F4N4O/c19-14-9-11(3-4-12(14)17(27)25-7-1-2-8-25)26-15-10-23-6-5-13(15)16(24-26)18(20,21)22/h3-4,9,23H,1-2,5-8,10H2. The summed E-state index contributed by atoms with van der Waals surface area (Å²) in [4.78, 5) is 14.0. The quantitative estimate of drug-likeness (QED) is 0.813. The molecule has 27 heavy (non-hydrogen) atoms. The Morgan fingerprint density at radius 1 is 1.19 bits per heavy atom. The fraction of sp³-hybridized carbons (Fsp3) is 0.444. The average molecular weight is 382 g/mol. The summed E-state index contributed by atoms with van der Waals surface area (Å²) in [5, 5.41) is 6.73. The van der Waals surface area contributed by atoms with Crippen LogP contribution in [0.15, 0.2) is 18.2 Å². The Hall–Kier alpha value is -2.42. The highest BCUT2D eigenvalue weighted by molar-refractivity contribution is 5.94. The molecule has 2 aromatic rings. The molecule has 0 spiro atoms. The zero-order valence-corrected chi connectivity index (χ0v) is 14.4. The zero-order valence-electron chi connectivity index (χ0n) is 14.4. The maximum Gasteiger partial charge on any atom is 0.435 e. The summed E-state index contributed by atoms with van der Waals surface area (Å²) in [5.41, 5.74) is -0.334. The Labute approximate surface area is 153 Å².